The lowest BCUT2D eigenvalue weighted by Crippen LogP contribution is -2.57. The number of benzene rings is 1. The topological polar surface area (TPSA) is 9.23 Å². The molecule has 0 unspecified atom stereocenters. The summed E-state index contributed by atoms with van der Waals surface area (Å²) in [5.41, 5.74) is -3.00. The Morgan fingerprint density at radius 2 is 1.59 bits per heavy atom. The van der Waals surface area contributed by atoms with Crippen LogP contribution in [0.15, 0.2) is 18.2 Å². The summed E-state index contributed by atoms with van der Waals surface area (Å²) in [4.78, 5) is 0. The van der Waals surface area contributed by atoms with Crippen LogP contribution in [0.5, 0.6) is 0 Å². The SMILES string of the molecule is CCCCCCO[C@]1(C(C)C)C[N@+]2(Cc3cc(C(F)(F)F)cc(C(F)(F)F)c3)C[C@@H](C)[C@@H]3CC[C@H]1[C@@]32C. The molecule has 1 saturated carbocycles. The molecule has 0 N–H and O–H groups in total. The zero-order valence-electron chi connectivity index (χ0n) is 22.7. The predicted octanol–water partition coefficient (Wildman–Crippen LogP) is 8.48. The minimum absolute atomic E-state index is 0.115. The first kappa shape index (κ1) is 28.7. The second kappa shape index (κ2) is 9.72. The normalized spacial score (nSPS) is 35.5. The summed E-state index contributed by atoms with van der Waals surface area (Å²) in [5.74, 6) is 1.17. The largest absolute Gasteiger partial charge is 0.416 e. The minimum Gasteiger partial charge on any atom is -0.368 e. The third kappa shape index (κ3) is 4.72. The highest BCUT2D eigenvalue weighted by Crippen LogP contribution is 2.67. The van der Waals surface area contributed by atoms with Gasteiger partial charge in [-0.3, -0.25) is 0 Å². The fraction of sp³-hybridized carbons (Fsp3) is 0.793. The monoisotopic (exact) mass is 534 g/mol. The number of hydrogen-bond acceptors (Lipinski definition) is 1. The number of quaternary nitrogens is 1. The molecule has 0 amide bonds. The van der Waals surface area contributed by atoms with Gasteiger partial charge < -0.3 is 9.22 Å². The molecule has 3 fully saturated rings. The maximum Gasteiger partial charge on any atom is 0.416 e. The molecule has 210 valence electrons. The van der Waals surface area contributed by atoms with Crippen LogP contribution >= 0.6 is 0 Å². The average molecular weight is 535 g/mol. The van der Waals surface area contributed by atoms with E-state index in [4.69, 9.17) is 4.74 Å². The Morgan fingerprint density at radius 1 is 0.973 bits per heavy atom. The Labute approximate surface area is 217 Å². The molecule has 1 aromatic carbocycles. The highest BCUT2D eigenvalue weighted by Gasteiger charge is 2.78. The number of halogens is 6. The van der Waals surface area contributed by atoms with Crippen molar-refractivity contribution in [1.29, 1.82) is 0 Å². The van der Waals surface area contributed by atoms with E-state index in [0.29, 0.717) is 29.5 Å². The van der Waals surface area contributed by atoms with Crippen LogP contribution in [0.1, 0.15) is 89.8 Å². The smallest absolute Gasteiger partial charge is 0.368 e. The quantitative estimate of drug-likeness (QED) is 0.175. The van der Waals surface area contributed by atoms with Crippen LogP contribution in [0, 0.1) is 23.7 Å². The van der Waals surface area contributed by atoms with Gasteiger partial charge in [0.15, 0.2) is 0 Å². The van der Waals surface area contributed by atoms with Gasteiger partial charge in [-0.25, -0.2) is 0 Å². The number of unbranched alkanes of at least 4 members (excludes halogenated alkanes) is 3. The van der Waals surface area contributed by atoms with Crippen LogP contribution in [0.4, 0.5) is 26.3 Å². The fourth-order valence-corrected chi connectivity index (χ4v) is 8.60. The molecule has 2 aliphatic heterocycles. The molecule has 0 bridgehead atoms. The Morgan fingerprint density at radius 3 is 2.14 bits per heavy atom. The molecule has 2 saturated heterocycles. The van der Waals surface area contributed by atoms with E-state index < -0.39 is 29.1 Å². The van der Waals surface area contributed by atoms with Gasteiger partial charge in [0.2, 0.25) is 0 Å². The van der Waals surface area contributed by atoms with E-state index in [1.165, 1.54) is 0 Å². The summed E-state index contributed by atoms with van der Waals surface area (Å²) in [7, 11) is 0. The average Bonchev–Trinajstić information content (AvgIpc) is 3.32. The second-order valence-corrected chi connectivity index (χ2v) is 12.5. The first-order chi connectivity index (χ1) is 17.1. The lowest BCUT2D eigenvalue weighted by molar-refractivity contribution is -0.968. The standard InChI is InChI=1S/C29H42F6NO/c1-6-7-8-9-12-37-27(19(2)3)18-36(16-20(4)24-10-11-25(27)26(24,36)5)17-21-13-22(28(30,31)32)15-23(14-21)29(33,34)35/h13-15,19-20,24-25H,6-12,16-18H2,1-5H3/q+1/t20-,24+,25+,26-,27+,36-/m1/s1. The maximum absolute atomic E-state index is 13.7. The highest BCUT2D eigenvalue weighted by molar-refractivity contribution is 5.34. The first-order valence-corrected chi connectivity index (χ1v) is 13.9. The van der Waals surface area contributed by atoms with Gasteiger partial charge in [0, 0.05) is 29.9 Å². The Balaban J connectivity index is 1.75. The molecule has 6 atom stereocenters. The van der Waals surface area contributed by atoms with Crippen LogP contribution in [-0.2, 0) is 23.6 Å². The predicted molar refractivity (Wildman–Crippen MR) is 132 cm³/mol. The fourth-order valence-electron chi connectivity index (χ4n) is 8.60. The molecular formula is C29H42F6NO+. The number of hydrogen-bond donors (Lipinski definition) is 0. The van der Waals surface area contributed by atoms with Crippen molar-refractivity contribution in [3.8, 4) is 0 Å². The molecule has 0 spiro atoms. The summed E-state index contributed by atoms with van der Waals surface area (Å²) in [5, 5.41) is 0. The summed E-state index contributed by atoms with van der Waals surface area (Å²) in [6.07, 6.45) is -3.31. The van der Waals surface area contributed by atoms with E-state index in [9.17, 15) is 26.3 Å². The van der Waals surface area contributed by atoms with Gasteiger partial charge in [0.05, 0.1) is 17.7 Å². The molecule has 0 radical (unpaired) electrons. The third-order valence-electron chi connectivity index (χ3n) is 10.2. The van der Waals surface area contributed by atoms with Crippen molar-refractivity contribution in [3.63, 3.8) is 0 Å². The third-order valence-corrected chi connectivity index (χ3v) is 10.2. The van der Waals surface area contributed by atoms with E-state index in [-0.39, 0.29) is 35.5 Å². The summed E-state index contributed by atoms with van der Waals surface area (Å²) < 4.78 is 89.2. The van der Waals surface area contributed by atoms with Gasteiger partial charge in [-0.2, -0.15) is 26.3 Å². The van der Waals surface area contributed by atoms with Crippen molar-refractivity contribution < 1.29 is 35.6 Å². The number of rotatable bonds is 9. The summed E-state index contributed by atoms with van der Waals surface area (Å²) in [6.45, 7) is 13.1. The van der Waals surface area contributed by atoms with Crippen molar-refractivity contribution in [3.05, 3.63) is 34.9 Å². The van der Waals surface area contributed by atoms with Crippen LogP contribution in [0.2, 0.25) is 0 Å². The van der Waals surface area contributed by atoms with Crippen molar-refractivity contribution in [1.82, 2.24) is 0 Å². The minimum atomic E-state index is -4.84. The van der Waals surface area contributed by atoms with Crippen LogP contribution in [0.3, 0.4) is 0 Å². The van der Waals surface area contributed by atoms with Crippen LogP contribution in [-0.4, -0.2) is 35.3 Å². The Hall–Kier alpha value is -1.28. The first-order valence-electron chi connectivity index (χ1n) is 13.9. The Bertz CT molecular complexity index is 942. The van der Waals surface area contributed by atoms with Crippen molar-refractivity contribution in [2.75, 3.05) is 19.7 Å². The van der Waals surface area contributed by atoms with E-state index in [0.717, 1.165) is 57.2 Å². The molecule has 2 nitrogen and oxygen atoms in total. The lowest BCUT2D eigenvalue weighted by Gasteiger charge is -2.44. The molecule has 8 heteroatoms. The van der Waals surface area contributed by atoms with Crippen molar-refractivity contribution in [2.24, 2.45) is 23.7 Å². The number of nitrogens with zero attached hydrogens (tertiary/aromatic N) is 1. The summed E-state index contributed by atoms with van der Waals surface area (Å²) >= 11 is 0. The van der Waals surface area contributed by atoms with Gasteiger partial charge in [-0.15, -0.1) is 0 Å². The second-order valence-electron chi connectivity index (χ2n) is 12.5. The van der Waals surface area contributed by atoms with E-state index in [1.807, 2.05) is 0 Å². The number of ether oxygens (including phenoxy) is 1. The van der Waals surface area contributed by atoms with Crippen molar-refractivity contribution >= 4 is 0 Å². The maximum atomic E-state index is 13.7. The lowest BCUT2D eigenvalue weighted by atomic mass is 9.72. The molecule has 37 heavy (non-hydrogen) atoms. The van der Waals surface area contributed by atoms with Gasteiger partial charge in [-0.05, 0) is 50.3 Å². The van der Waals surface area contributed by atoms with E-state index >= 15 is 0 Å². The number of alkyl halides is 6. The molecule has 0 aromatic heterocycles. The molecule has 3 aliphatic rings. The van der Waals surface area contributed by atoms with Crippen molar-refractivity contribution in [2.45, 2.75) is 103 Å². The molecule has 1 aromatic rings. The zero-order valence-corrected chi connectivity index (χ0v) is 22.7. The molecular weight excluding hydrogens is 492 g/mol. The molecule has 4 rings (SSSR count). The summed E-state index contributed by atoms with van der Waals surface area (Å²) in [6, 6.07) is 2.11. The van der Waals surface area contributed by atoms with Gasteiger partial charge >= 0.3 is 12.4 Å². The van der Waals surface area contributed by atoms with Crippen LogP contribution < -0.4 is 0 Å². The van der Waals surface area contributed by atoms with Gasteiger partial charge in [-0.1, -0.05) is 47.0 Å². The highest BCUT2D eigenvalue weighted by atomic mass is 19.4. The van der Waals surface area contributed by atoms with E-state index in [2.05, 4.69) is 34.6 Å². The van der Waals surface area contributed by atoms with Gasteiger partial charge in [0.1, 0.15) is 24.2 Å². The molecule has 1 aliphatic carbocycles. The van der Waals surface area contributed by atoms with E-state index in [1.54, 1.807) is 0 Å². The Kier molecular flexibility index (Phi) is 7.55. The van der Waals surface area contributed by atoms with Crippen LogP contribution in [0.25, 0.3) is 0 Å². The molecule has 2 heterocycles. The zero-order chi connectivity index (χ0) is 27.4. The van der Waals surface area contributed by atoms with Gasteiger partial charge in [0.25, 0.3) is 0 Å².